The lowest BCUT2D eigenvalue weighted by atomic mass is 10.1. The first-order valence-corrected chi connectivity index (χ1v) is 12.2. The van der Waals surface area contributed by atoms with Gasteiger partial charge in [-0.05, 0) is 42.8 Å². The van der Waals surface area contributed by atoms with Crippen molar-refractivity contribution in [3.8, 4) is 5.75 Å². The van der Waals surface area contributed by atoms with Gasteiger partial charge < -0.3 is 19.3 Å². The van der Waals surface area contributed by atoms with Gasteiger partial charge in [-0.2, -0.15) is 0 Å². The third kappa shape index (κ3) is 6.16. The number of nitrogens with one attached hydrogen (secondary N) is 1. The van der Waals surface area contributed by atoms with E-state index in [9.17, 15) is 18.0 Å². The van der Waals surface area contributed by atoms with Gasteiger partial charge in [0.25, 0.3) is 5.91 Å². The van der Waals surface area contributed by atoms with Crippen molar-refractivity contribution in [3.63, 3.8) is 0 Å². The molecular formula is C22H26ClN3O6S. The molecule has 1 aliphatic heterocycles. The van der Waals surface area contributed by atoms with Crippen LogP contribution < -0.4 is 9.46 Å². The Kier molecular flexibility index (Phi) is 8.17. The first kappa shape index (κ1) is 24.8. The Labute approximate surface area is 198 Å². The van der Waals surface area contributed by atoms with Crippen molar-refractivity contribution in [1.82, 2.24) is 14.5 Å². The maximum atomic E-state index is 13.0. The Bertz CT molecular complexity index is 1100. The molecule has 1 saturated heterocycles. The van der Waals surface area contributed by atoms with Gasteiger partial charge in [-0.1, -0.05) is 23.7 Å². The summed E-state index contributed by atoms with van der Waals surface area (Å²) in [6.45, 7) is 3.39. The van der Waals surface area contributed by atoms with Gasteiger partial charge in [-0.25, -0.2) is 17.9 Å². The summed E-state index contributed by atoms with van der Waals surface area (Å²) in [4.78, 5) is 27.9. The highest BCUT2D eigenvalue weighted by Crippen LogP contribution is 2.26. The monoisotopic (exact) mass is 495 g/mol. The lowest BCUT2D eigenvalue weighted by Gasteiger charge is -2.34. The second-order valence-corrected chi connectivity index (χ2v) is 9.47. The number of carbonyl (C=O) groups is 2. The summed E-state index contributed by atoms with van der Waals surface area (Å²) >= 11 is 5.87. The lowest BCUT2D eigenvalue weighted by Crippen LogP contribution is -2.50. The average Bonchev–Trinajstić information content (AvgIpc) is 2.83. The fourth-order valence-electron chi connectivity index (χ4n) is 3.37. The molecule has 0 bridgehead atoms. The van der Waals surface area contributed by atoms with Crippen LogP contribution in [0.15, 0.2) is 47.4 Å². The topological polar surface area (TPSA) is 105 Å². The lowest BCUT2D eigenvalue weighted by molar-refractivity contribution is 0.0570. The van der Waals surface area contributed by atoms with E-state index in [1.165, 1.54) is 30.2 Å². The van der Waals surface area contributed by atoms with Crippen LogP contribution in [0.3, 0.4) is 0 Å². The van der Waals surface area contributed by atoms with E-state index in [1.807, 2.05) is 0 Å². The van der Waals surface area contributed by atoms with Crippen LogP contribution in [0.25, 0.3) is 0 Å². The van der Waals surface area contributed by atoms with Crippen LogP contribution in [-0.2, 0) is 21.3 Å². The van der Waals surface area contributed by atoms with Crippen molar-refractivity contribution in [3.05, 3.63) is 58.6 Å². The van der Waals surface area contributed by atoms with Gasteiger partial charge in [0.2, 0.25) is 10.0 Å². The van der Waals surface area contributed by atoms with Crippen molar-refractivity contribution >= 4 is 33.6 Å². The molecule has 178 valence electrons. The first-order valence-electron chi connectivity index (χ1n) is 10.4. The van der Waals surface area contributed by atoms with Crippen LogP contribution >= 0.6 is 11.6 Å². The van der Waals surface area contributed by atoms with E-state index in [2.05, 4.69) is 4.72 Å². The number of rotatable bonds is 7. The van der Waals surface area contributed by atoms with Gasteiger partial charge >= 0.3 is 6.09 Å². The van der Waals surface area contributed by atoms with Crippen molar-refractivity contribution in [2.45, 2.75) is 18.4 Å². The van der Waals surface area contributed by atoms with Crippen LogP contribution in [0.2, 0.25) is 5.02 Å². The number of sulfonamides is 1. The van der Waals surface area contributed by atoms with E-state index >= 15 is 0 Å². The summed E-state index contributed by atoms with van der Waals surface area (Å²) in [6.07, 6.45) is -0.408. The molecule has 0 saturated carbocycles. The smallest absolute Gasteiger partial charge is 0.409 e. The summed E-state index contributed by atoms with van der Waals surface area (Å²) in [5.74, 6) is -0.197. The minimum Gasteiger partial charge on any atom is -0.495 e. The molecule has 0 unspecified atom stereocenters. The quantitative estimate of drug-likeness (QED) is 0.633. The van der Waals surface area contributed by atoms with E-state index in [0.717, 1.165) is 5.56 Å². The highest BCUT2D eigenvalue weighted by molar-refractivity contribution is 7.89. The molecule has 3 rings (SSSR count). The standard InChI is InChI=1S/C22H26ClN3O6S/c1-3-32-22(28)26-12-10-25(11-13-26)21(27)17-6-9-19(31-2)20(14-17)33(29,30)24-15-16-4-7-18(23)8-5-16/h4-9,14,24H,3,10-13,15H2,1-2H3. The molecule has 9 nitrogen and oxygen atoms in total. The number of carbonyl (C=O) groups excluding carboxylic acids is 2. The van der Waals surface area contributed by atoms with Gasteiger partial charge in [0.05, 0.1) is 13.7 Å². The molecule has 0 radical (unpaired) electrons. The van der Waals surface area contributed by atoms with Crippen molar-refractivity contribution in [2.75, 3.05) is 39.9 Å². The molecule has 1 N–H and O–H groups in total. The Morgan fingerprint density at radius 3 is 2.27 bits per heavy atom. The van der Waals surface area contributed by atoms with Crippen molar-refractivity contribution in [1.29, 1.82) is 0 Å². The van der Waals surface area contributed by atoms with Crippen LogP contribution in [0.4, 0.5) is 4.79 Å². The number of benzene rings is 2. The molecule has 11 heteroatoms. The molecule has 33 heavy (non-hydrogen) atoms. The fourth-order valence-corrected chi connectivity index (χ4v) is 4.70. The average molecular weight is 496 g/mol. The van der Waals surface area contributed by atoms with E-state index < -0.39 is 16.1 Å². The number of nitrogens with zero attached hydrogens (tertiary/aromatic N) is 2. The molecule has 0 atom stereocenters. The molecule has 1 fully saturated rings. The summed E-state index contributed by atoms with van der Waals surface area (Å²) in [5, 5.41) is 0.553. The molecule has 0 aromatic heterocycles. The Morgan fingerprint density at radius 2 is 1.67 bits per heavy atom. The molecule has 2 aromatic carbocycles. The Balaban J connectivity index is 1.74. The summed E-state index contributed by atoms with van der Waals surface area (Å²) in [5.41, 5.74) is 0.945. The number of halogens is 1. The van der Waals surface area contributed by atoms with Crippen molar-refractivity contribution < 1.29 is 27.5 Å². The maximum absolute atomic E-state index is 13.0. The largest absolute Gasteiger partial charge is 0.495 e. The molecule has 1 aliphatic rings. The highest BCUT2D eigenvalue weighted by Gasteiger charge is 2.27. The summed E-state index contributed by atoms with van der Waals surface area (Å²) in [7, 11) is -2.61. The number of hydrogen-bond acceptors (Lipinski definition) is 6. The Hall–Kier alpha value is -2.82. The van der Waals surface area contributed by atoms with Gasteiger partial charge in [-0.15, -0.1) is 0 Å². The summed E-state index contributed by atoms with van der Waals surface area (Å²) < 4.78 is 38.7. The number of piperazine rings is 1. The van der Waals surface area contributed by atoms with Crippen LogP contribution in [0.1, 0.15) is 22.8 Å². The molecular weight excluding hydrogens is 470 g/mol. The maximum Gasteiger partial charge on any atom is 0.409 e. The zero-order valence-electron chi connectivity index (χ0n) is 18.4. The highest BCUT2D eigenvalue weighted by atomic mass is 35.5. The number of ether oxygens (including phenoxy) is 2. The van der Waals surface area contributed by atoms with Crippen LogP contribution in [-0.4, -0.2) is 70.1 Å². The normalized spacial score (nSPS) is 14.2. The van der Waals surface area contributed by atoms with Gasteiger partial charge in [-0.3, -0.25) is 4.79 Å². The number of methoxy groups -OCH3 is 1. The second-order valence-electron chi connectivity index (χ2n) is 7.29. The van der Waals surface area contributed by atoms with Crippen LogP contribution in [0.5, 0.6) is 5.75 Å². The van der Waals surface area contributed by atoms with E-state index in [0.29, 0.717) is 31.2 Å². The molecule has 0 spiro atoms. The minimum absolute atomic E-state index is 0.0522. The fraction of sp³-hybridized carbons (Fsp3) is 0.364. The third-order valence-electron chi connectivity index (χ3n) is 5.17. The van der Waals surface area contributed by atoms with Gasteiger partial charge in [0.15, 0.2) is 0 Å². The zero-order valence-corrected chi connectivity index (χ0v) is 20.0. The second kappa shape index (κ2) is 10.9. The molecule has 2 aromatic rings. The molecule has 1 heterocycles. The van der Waals surface area contributed by atoms with E-state index in [-0.39, 0.29) is 35.3 Å². The van der Waals surface area contributed by atoms with E-state index in [1.54, 1.807) is 36.1 Å². The number of hydrogen-bond donors (Lipinski definition) is 1. The predicted octanol–water partition coefficient (Wildman–Crippen LogP) is 2.74. The zero-order chi connectivity index (χ0) is 24.0. The number of amides is 2. The SMILES string of the molecule is CCOC(=O)N1CCN(C(=O)c2ccc(OC)c(S(=O)(=O)NCc3ccc(Cl)cc3)c2)CC1. The van der Waals surface area contributed by atoms with Gasteiger partial charge in [0.1, 0.15) is 10.6 Å². The predicted molar refractivity (Wildman–Crippen MR) is 123 cm³/mol. The van der Waals surface area contributed by atoms with Crippen LogP contribution in [0, 0.1) is 0 Å². The minimum atomic E-state index is -3.97. The van der Waals surface area contributed by atoms with E-state index in [4.69, 9.17) is 21.1 Å². The molecule has 2 amide bonds. The Morgan fingerprint density at radius 1 is 1.03 bits per heavy atom. The molecule has 0 aliphatic carbocycles. The summed E-state index contributed by atoms with van der Waals surface area (Å²) in [6, 6.07) is 11.1. The first-order chi connectivity index (χ1) is 15.7. The van der Waals surface area contributed by atoms with Gasteiger partial charge in [0, 0.05) is 43.3 Å². The third-order valence-corrected chi connectivity index (χ3v) is 6.85. The van der Waals surface area contributed by atoms with Crippen molar-refractivity contribution in [2.24, 2.45) is 0 Å².